The lowest BCUT2D eigenvalue weighted by molar-refractivity contribution is -0.133. The van der Waals surface area contributed by atoms with E-state index in [0.29, 0.717) is 30.0 Å². The van der Waals surface area contributed by atoms with Gasteiger partial charge in [0, 0.05) is 82.6 Å². The van der Waals surface area contributed by atoms with E-state index in [0.717, 1.165) is 84.6 Å². The number of likely N-dealkylation sites (tertiary alicyclic amines) is 2. The maximum Gasteiger partial charge on any atom is 0.222 e. The molecule has 2 atom stereocenters. The predicted octanol–water partition coefficient (Wildman–Crippen LogP) is 5.60. The van der Waals surface area contributed by atoms with Crippen LogP contribution in [0.5, 0.6) is 0 Å². The van der Waals surface area contributed by atoms with Crippen molar-refractivity contribution in [1.29, 1.82) is 0 Å². The average molecular weight is 594 g/mol. The van der Waals surface area contributed by atoms with E-state index >= 15 is 0 Å². The number of piperazine rings is 1. The van der Waals surface area contributed by atoms with E-state index in [4.69, 9.17) is 0 Å². The number of hydrogen-bond acceptors (Lipinski definition) is 5. The van der Waals surface area contributed by atoms with Gasteiger partial charge in [0.05, 0.1) is 5.69 Å². The monoisotopic (exact) mass is 593 g/mol. The highest BCUT2D eigenvalue weighted by Gasteiger charge is 2.40. The van der Waals surface area contributed by atoms with Gasteiger partial charge in [0.25, 0.3) is 0 Å². The number of pyridine rings is 1. The molecule has 0 unspecified atom stereocenters. The molecule has 4 aliphatic rings. The lowest BCUT2D eigenvalue weighted by Crippen LogP contribution is -2.57. The van der Waals surface area contributed by atoms with Crippen LogP contribution in [0.4, 0.5) is 10.1 Å². The van der Waals surface area contributed by atoms with Crippen LogP contribution in [0.1, 0.15) is 48.8 Å². The number of fused-ring (bicyclic) bond motifs is 2. The maximum atomic E-state index is 14.5. The quantitative estimate of drug-likeness (QED) is 0.357. The van der Waals surface area contributed by atoms with Crippen molar-refractivity contribution in [3.63, 3.8) is 0 Å². The normalized spacial score (nSPS) is 23.7. The number of aromatic nitrogens is 1. The molecule has 3 aliphatic heterocycles. The molecule has 0 saturated carbocycles. The average Bonchev–Trinajstić information content (AvgIpc) is 3.42. The Bertz CT molecular complexity index is 1460. The van der Waals surface area contributed by atoms with Crippen LogP contribution in [0, 0.1) is 11.7 Å². The van der Waals surface area contributed by atoms with Gasteiger partial charge in [0.2, 0.25) is 5.91 Å². The molecule has 2 aromatic carbocycles. The summed E-state index contributed by atoms with van der Waals surface area (Å²) in [5, 5.41) is 0. The molecule has 1 aromatic heterocycles. The lowest BCUT2D eigenvalue weighted by atomic mass is 9.74. The molecule has 6 nitrogen and oxygen atoms in total. The van der Waals surface area contributed by atoms with Crippen LogP contribution in [-0.2, 0) is 16.8 Å². The van der Waals surface area contributed by atoms with E-state index < -0.39 is 0 Å². The largest absolute Gasteiger partial charge is 0.367 e. The maximum absolute atomic E-state index is 14.5. The standard InChI is InChI=1S/C37H44FN5O/c38-33-9-3-4-10-35(33)42-24-22-41(23-25-42)34-14-19-40(27-29-6-5-18-39-26-29)28-31(34)11-12-36(44)43-20-16-37(17-21-43)15-13-30-7-1-2-8-32(30)37/h1-10,13,15,18,26,31,34H,11-12,14,16-17,19-25,27-28H2/t31-,34+/m0/s1. The second-order valence-electron chi connectivity index (χ2n) is 13.2. The van der Waals surface area contributed by atoms with Crippen LogP contribution in [0.2, 0.25) is 0 Å². The van der Waals surface area contributed by atoms with Gasteiger partial charge in [-0.3, -0.25) is 19.6 Å². The van der Waals surface area contributed by atoms with Gasteiger partial charge < -0.3 is 9.80 Å². The van der Waals surface area contributed by atoms with Crippen molar-refractivity contribution in [2.45, 2.75) is 50.1 Å². The number of rotatable bonds is 7. The Balaban J connectivity index is 0.983. The number of para-hydroxylation sites is 1. The van der Waals surface area contributed by atoms with Crippen LogP contribution in [0.15, 0.2) is 79.1 Å². The summed E-state index contributed by atoms with van der Waals surface area (Å²) in [6.45, 7) is 8.10. The molecule has 44 heavy (non-hydrogen) atoms. The molecule has 0 N–H and O–H groups in total. The van der Waals surface area contributed by atoms with Crippen LogP contribution < -0.4 is 4.90 Å². The smallest absolute Gasteiger partial charge is 0.222 e. The Hall–Kier alpha value is -3.55. The molecule has 0 bridgehead atoms. The molecule has 3 aromatic rings. The van der Waals surface area contributed by atoms with Gasteiger partial charge in [-0.25, -0.2) is 4.39 Å². The fourth-order valence-electron chi connectivity index (χ4n) is 8.25. The predicted molar refractivity (Wildman–Crippen MR) is 174 cm³/mol. The fraction of sp³-hybridized carbons (Fsp3) is 0.459. The molecule has 1 amide bonds. The summed E-state index contributed by atoms with van der Waals surface area (Å²) in [6, 6.07) is 20.5. The summed E-state index contributed by atoms with van der Waals surface area (Å²) in [5.41, 5.74) is 4.81. The first-order valence-electron chi connectivity index (χ1n) is 16.5. The third-order valence-electron chi connectivity index (χ3n) is 10.7. The number of hydrogen-bond donors (Lipinski definition) is 0. The van der Waals surface area contributed by atoms with Crippen molar-refractivity contribution in [3.05, 3.63) is 102 Å². The summed E-state index contributed by atoms with van der Waals surface area (Å²) in [5.74, 6) is 0.589. The molecular formula is C37H44FN5O. The highest BCUT2D eigenvalue weighted by Crippen LogP contribution is 2.43. The molecule has 3 saturated heterocycles. The summed E-state index contributed by atoms with van der Waals surface area (Å²) < 4.78 is 14.5. The Morgan fingerprint density at radius 1 is 0.909 bits per heavy atom. The Labute approximate surface area is 261 Å². The van der Waals surface area contributed by atoms with E-state index in [1.165, 1.54) is 16.7 Å². The Kier molecular flexibility index (Phi) is 8.50. The van der Waals surface area contributed by atoms with Crippen molar-refractivity contribution in [2.75, 3.05) is 57.3 Å². The SMILES string of the molecule is O=C(CC[C@H]1CN(Cc2cccnc2)CC[C@H]1N1CCN(c2ccccc2F)CC1)N1CCC2(C=Cc3ccccc32)CC1. The van der Waals surface area contributed by atoms with Crippen molar-refractivity contribution in [2.24, 2.45) is 5.92 Å². The lowest BCUT2D eigenvalue weighted by Gasteiger charge is -2.47. The molecular weight excluding hydrogens is 549 g/mol. The fourth-order valence-corrected chi connectivity index (χ4v) is 8.25. The van der Waals surface area contributed by atoms with Crippen LogP contribution in [0.3, 0.4) is 0 Å². The summed E-state index contributed by atoms with van der Waals surface area (Å²) in [7, 11) is 0. The number of halogens is 1. The third kappa shape index (κ3) is 6.04. The molecule has 0 radical (unpaired) electrons. The number of allylic oxidation sites excluding steroid dienone is 1. The summed E-state index contributed by atoms with van der Waals surface area (Å²) in [6.07, 6.45) is 13.1. The van der Waals surface area contributed by atoms with Crippen molar-refractivity contribution >= 4 is 17.7 Å². The van der Waals surface area contributed by atoms with Gasteiger partial charge in [-0.2, -0.15) is 0 Å². The topological polar surface area (TPSA) is 42.9 Å². The van der Waals surface area contributed by atoms with E-state index in [9.17, 15) is 9.18 Å². The van der Waals surface area contributed by atoms with Gasteiger partial charge in [-0.1, -0.05) is 54.6 Å². The Morgan fingerprint density at radius 2 is 1.70 bits per heavy atom. The summed E-state index contributed by atoms with van der Waals surface area (Å²) >= 11 is 0. The van der Waals surface area contributed by atoms with Gasteiger partial charge in [0.15, 0.2) is 0 Å². The number of carbonyl (C=O) groups excluding carboxylic acids is 1. The van der Waals surface area contributed by atoms with E-state index in [1.807, 2.05) is 30.6 Å². The van der Waals surface area contributed by atoms with E-state index in [-0.39, 0.29) is 11.2 Å². The number of anilines is 1. The first-order valence-corrected chi connectivity index (χ1v) is 16.5. The number of carbonyl (C=O) groups is 1. The first-order chi connectivity index (χ1) is 21.6. The van der Waals surface area contributed by atoms with Gasteiger partial charge in [-0.15, -0.1) is 0 Å². The van der Waals surface area contributed by atoms with Crippen molar-refractivity contribution < 1.29 is 9.18 Å². The minimum atomic E-state index is -0.141. The molecule has 230 valence electrons. The van der Waals surface area contributed by atoms with Gasteiger partial charge in [-0.05, 0) is 73.0 Å². The number of piperidine rings is 2. The number of amides is 1. The van der Waals surface area contributed by atoms with Gasteiger partial charge >= 0.3 is 0 Å². The zero-order chi connectivity index (χ0) is 29.9. The second kappa shape index (κ2) is 12.8. The first kappa shape index (κ1) is 29.2. The molecule has 7 rings (SSSR count). The van der Waals surface area contributed by atoms with E-state index in [2.05, 4.69) is 67.1 Å². The van der Waals surface area contributed by atoms with E-state index in [1.54, 1.807) is 12.1 Å². The number of benzene rings is 2. The highest BCUT2D eigenvalue weighted by molar-refractivity contribution is 5.76. The third-order valence-corrected chi connectivity index (χ3v) is 10.7. The Morgan fingerprint density at radius 3 is 2.50 bits per heavy atom. The molecule has 4 heterocycles. The van der Waals surface area contributed by atoms with Gasteiger partial charge in [0.1, 0.15) is 5.82 Å². The zero-order valence-corrected chi connectivity index (χ0v) is 25.7. The highest BCUT2D eigenvalue weighted by atomic mass is 19.1. The minimum absolute atomic E-state index is 0.0967. The second-order valence-corrected chi connectivity index (χ2v) is 13.2. The van der Waals surface area contributed by atoms with Crippen LogP contribution >= 0.6 is 0 Å². The summed E-state index contributed by atoms with van der Waals surface area (Å²) in [4.78, 5) is 27.4. The van der Waals surface area contributed by atoms with Crippen LogP contribution in [0.25, 0.3) is 6.08 Å². The molecule has 1 spiro atoms. The van der Waals surface area contributed by atoms with Crippen molar-refractivity contribution in [3.8, 4) is 0 Å². The molecule has 7 heteroatoms. The molecule has 1 aliphatic carbocycles. The minimum Gasteiger partial charge on any atom is -0.367 e. The molecule has 3 fully saturated rings. The van der Waals surface area contributed by atoms with Crippen LogP contribution in [-0.4, -0.2) is 84.0 Å². The number of nitrogens with zero attached hydrogens (tertiary/aromatic N) is 5. The van der Waals surface area contributed by atoms with Crippen molar-refractivity contribution in [1.82, 2.24) is 19.7 Å². The zero-order valence-electron chi connectivity index (χ0n) is 25.7.